The predicted octanol–water partition coefficient (Wildman–Crippen LogP) is 2.10. The van der Waals surface area contributed by atoms with Crippen LogP contribution in [0.1, 0.15) is 31.3 Å². The first-order chi connectivity index (χ1) is 7.72. The van der Waals surface area contributed by atoms with E-state index in [1.165, 1.54) is 0 Å². The second-order valence-corrected chi connectivity index (χ2v) is 3.27. The van der Waals surface area contributed by atoms with Crippen molar-refractivity contribution in [1.29, 1.82) is 0 Å². The maximum atomic E-state index is 11.5. The van der Waals surface area contributed by atoms with Crippen molar-refractivity contribution in [2.24, 2.45) is 0 Å². The van der Waals surface area contributed by atoms with Gasteiger partial charge in [0.2, 0.25) is 0 Å². The molecule has 1 aromatic rings. The average Bonchev–Trinajstić information content (AvgIpc) is 2.31. The van der Waals surface area contributed by atoms with Crippen LogP contribution in [0.2, 0.25) is 0 Å². The second-order valence-electron chi connectivity index (χ2n) is 3.27. The minimum absolute atomic E-state index is 0.364. The number of hydrogen-bond donors (Lipinski definition) is 0. The van der Waals surface area contributed by atoms with Gasteiger partial charge in [0.05, 0.1) is 6.61 Å². The van der Waals surface area contributed by atoms with E-state index in [1.807, 2.05) is 12.1 Å². The molecule has 1 aromatic heterocycles. The Morgan fingerprint density at radius 3 is 2.56 bits per heavy atom. The van der Waals surface area contributed by atoms with E-state index in [0.29, 0.717) is 12.3 Å². The monoisotopic (exact) mass is 222 g/mol. The van der Waals surface area contributed by atoms with Crippen LogP contribution in [0.25, 0.3) is 0 Å². The second kappa shape index (κ2) is 6.10. The van der Waals surface area contributed by atoms with Crippen LogP contribution in [0.15, 0.2) is 18.2 Å². The number of pyridine rings is 1. The molecule has 0 spiro atoms. The van der Waals surface area contributed by atoms with Gasteiger partial charge in [-0.3, -0.25) is 0 Å². The van der Waals surface area contributed by atoms with Crippen LogP contribution in [0.5, 0.6) is 0 Å². The lowest BCUT2D eigenvalue weighted by atomic mass is 10.3. The Hall–Kier alpha value is -1.58. The van der Waals surface area contributed by atoms with Gasteiger partial charge in [-0.1, -0.05) is 6.07 Å². The smallest absolute Gasteiger partial charge is 0.356 e. The van der Waals surface area contributed by atoms with Crippen LogP contribution >= 0.6 is 0 Å². The molecule has 1 rings (SSSR count). The Labute approximate surface area is 96.2 Å². The number of hydrogen-bond acceptors (Lipinski definition) is 4. The lowest BCUT2D eigenvalue weighted by Crippen LogP contribution is -2.23. The van der Waals surface area contributed by atoms with E-state index < -0.39 is 0 Å². The topological polar surface area (TPSA) is 42.4 Å². The van der Waals surface area contributed by atoms with E-state index in [-0.39, 0.29) is 5.97 Å². The molecule has 88 valence electrons. The summed E-state index contributed by atoms with van der Waals surface area (Å²) < 4.78 is 4.91. The summed E-state index contributed by atoms with van der Waals surface area (Å²) in [4.78, 5) is 17.9. The van der Waals surface area contributed by atoms with Gasteiger partial charge in [-0.15, -0.1) is 0 Å². The number of esters is 1. The average molecular weight is 222 g/mol. The molecular formula is C12H18N2O2. The summed E-state index contributed by atoms with van der Waals surface area (Å²) in [5, 5.41) is 0. The zero-order valence-electron chi connectivity index (χ0n) is 10.1. The fourth-order valence-electron chi connectivity index (χ4n) is 1.47. The number of anilines is 1. The lowest BCUT2D eigenvalue weighted by molar-refractivity contribution is 0.0519. The van der Waals surface area contributed by atoms with Gasteiger partial charge in [0.15, 0.2) is 5.69 Å². The Bertz CT molecular complexity index is 349. The highest BCUT2D eigenvalue weighted by Gasteiger charge is 2.10. The number of ether oxygens (including phenoxy) is 1. The van der Waals surface area contributed by atoms with Crippen molar-refractivity contribution in [2.75, 3.05) is 24.6 Å². The highest BCUT2D eigenvalue weighted by molar-refractivity contribution is 5.87. The summed E-state index contributed by atoms with van der Waals surface area (Å²) in [6, 6.07) is 5.40. The summed E-state index contributed by atoms with van der Waals surface area (Å²) in [6.45, 7) is 8.01. The molecule has 0 radical (unpaired) electrons. The fourth-order valence-corrected chi connectivity index (χ4v) is 1.47. The first-order valence-corrected chi connectivity index (χ1v) is 5.62. The maximum absolute atomic E-state index is 11.5. The minimum Gasteiger partial charge on any atom is -0.461 e. The van der Waals surface area contributed by atoms with Crippen LogP contribution < -0.4 is 4.90 Å². The summed E-state index contributed by atoms with van der Waals surface area (Å²) in [7, 11) is 0. The van der Waals surface area contributed by atoms with Gasteiger partial charge in [-0.05, 0) is 32.9 Å². The Balaban J connectivity index is 2.89. The van der Waals surface area contributed by atoms with Gasteiger partial charge in [0.1, 0.15) is 5.82 Å². The third-order valence-corrected chi connectivity index (χ3v) is 2.31. The highest BCUT2D eigenvalue weighted by atomic mass is 16.5. The van der Waals surface area contributed by atoms with Crippen LogP contribution in [0.4, 0.5) is 5.82 Å². The molecule has 0 saturated carbocycles. The SMILES string of the molecule is CCOC(=O)c1cccc(N(CC)CC)n1. The molecule has 0 aliphatic carbocycles. The van der Waals surface area contributed by atoms with Gasteiger partial charge in [0, 0.05) is 13.1 Å². The van der Waals surface area contributed by atoms with Crippen molar-refractivity contribution in [3.63, 3.8) is 0 Å². The number of carbonyl (C=O) groups excluding carboxylic acids is 1. The molecule has 0 bridgehead atoms. The van der Waals surface area contributed by atoms with Crippen molar-refractivity contribution in [1.82, 2.24) is 4.98 Å². The summed E-state index contributed by atoms with van der Waals surface area (Å²) >= 11 is 0. The molecule has 0 atom stereocenters. The Kier molecular flexibility index (Phi) is 4.76. The molecule has 4 nitrogen and oxygen atoms in total. The standard InChI is InChI=1S/C12H18N2O2/c1-4-14(5-2)11-9-7-8-10(13-11)12(15)16-6-3/h7-9H,4-6H2,1-3H3. The normalized spacial score (nSPS) is 9.94. The molecular weight excluding hydrogens is 204 g/mol. The van der Waals surface area contributed by atoms with E-state index in [9.17, 15) is 4.79 Å². The molecule has 0 saturated heterocycles. The Morgan fingerprint density at radius 1 is 1.31 bits per heavy atom. The molecule has 4 heteroatoms. The fraction of sp³-hybridized carbons (Fsp3) is 0.500. The molecule has 0 aliphatic heterocycles. The van der Waals surface area contributed by atoms with E-state index in [4.69, 9.17) is 4.74 Å². The highest BCUT2D eigenvalue weighted by Crippen LogP contribution is 2.11. The minimum atomic E-state index is -0.364. The van der Waals surface area contributed by atoms with E-state index in [0.717, 1.165) is 18.9 Å². The molecule has 0 amide bonds. The number of nitrogens with zero attached hydrogens (tertiary/aromatic N) is 2. The van der Waals surface area contributed by atoms with Gasteiger partial charge in [-0.2, -0.15) is 0 Å². The van der Waals surface area contributed by atoms with Crippen molar-refractivity contribution in [3.8, 4) is 0 Å². The first kappa shape index (κ1) is 12.5. The molecule has 0 fully saturated rings. The summed E-state index contributed by atoms with van der Waals surface area (Å²) in [6.07, 6.45) is 0. The van der Waals surface area contributed by atoms with Gasteiger partial charge >= 0.3 is 5.97 Å². The van der Waals surface area contributed by atoms with Gasteiger partial charge in [0.25, 0.3) is 0 Å². The molecule has 0 aliphatic rings. The van der Waals surface area contributed by atoms with E-state index >= 15 is 0 Å². The van der Waals surface area contributed by atoms with Crippen LogP contribution in [-0.2, 0) is 4.74 Å². The number of rotatable bonds is 5. The van der Waals surface area contributed by atoms with Crippen molar-refractivity contribution < 1.29 is 9.53 Å². The lowest BCUT2D eigenvalue weighted by Gasteiger charge is -2.19. The summed E-state index contributed by atoms with van der Waals surface area (Å²) in [5.41, 5.74) is 0.367. The largest absolute Gasteiger partial charge is 0.461 e. The van der Waals surface area contributed by atoms with Gasteiger partial charge in [-0.25, -0.2) is 9.78 Å². The molecule has 0 aromatic carbocycles. The molecule has 0 N–H and O–H groups in total. The van der Waals surface area contributed by atoms with Crippen molar-refractivity contribution in [2.45, 2.75) is 20.8 Å². The number of aromatic nitrogens is 1. The van der Waals surface area contributed by atoms with Crippen LogP contribution in [-0.4, -0.2) is 30.6 Å². The van der Waals surface area contributed by atoms with Crippen LogP contribution in [0.3, 0.4) is 0 Å². The van der Waals surface area contributed by atoms with Crippen LogP contribution in [0, 0.1) is 0 Å². The third-order valence-electron chi connectivity index (χ3n) is 2.31. The molecule has 0 unspecified atom stereocenters. The zero-order valence-corrected chi connectivity index (χ0v) is 10.1. The van der Waals surface area contributed by atoms with E-state index in [2.05, 4.69) is 23.7 Å². The van der Waals surface area contributed by atoms with Gasteiger partial charge < -0.3 is 9.64 Å². The molecule has 16 heavy (non-hydrogen) atoms. The first-order valence-electron chi connectivity index (χ1n) is 5.62. The van der Waals surface area contributed by atoms with Crippen molar-refractivity contribution in [3.05, 3.63) is 23.9 Å². The third kappa shape index (κ3) is 2.95. The van der Waals surface area contributed by atoms with E-state index in [1.54, 1.807) is 13.0 Å². The van der Waals surface area contributed by atoms with Crippen molar-refractivity contribution >= 4 is 11.8 Å². The quantitative estimate of drug-likeness (QED) is 0.715. The maximum Gasteiger partial charge on any atom is 0.356 e. The number of carbonyl (C=O) groups is 1. The molecule has 1 heterocycles. The Morgan fingerprint density at radius 2 is 2.00 bits per heavy atom. The predicted molar refractivity (Wildman–Crippen MR) is 63.8 cm³/mol. The zero-order chi connectivity index (χ0) is 12.0. The summed E-state index contributed by atoms with van der Waals surface area (Å²) in [5.74, 6) is 0.451.